The zero-order chi connectivity index (χ0) is 19.0. The minimum atomic E-state index is -4.56. The third-order valence-corrected chi connectivity index (χ3v) is 3.89. The van der Waals surface area contributed by atoms with Crippen molar-refractivity contribution < 1.29 is 22.4 Å². The van der Waals surface area contributed by atoms with Crippen LogP contribution in [0.2, 0.25) is 0 Å². The number of anilines is 1. The Hall–Kier alpha value is -3.62. The van der Waals surface area contributed by atoms with Crippen LogP contribution in [-0.2, 0) is 6.18 Å². The van der Waals surface area contributed by atoms with E-state index in [1.54, 1.807) is 24.3 Å². The number of fused-ring (bicyclic) bond motifs is 1. The highest BCUT2D eigenvalue weighted by atomic mass is 19.4. The minimum absolute atomic E-state index is 0.0156. The van der Waals surface area contributed by atoms with E-state index in [0.29, 0.717) is 11.0 Å². The Labute approximate surface area is 150 Å². The number of alkyl halides is 3. The molecule has 2 heterocycles. The fraction of sp³-hybridized carbons (Fsp3) is 0.0556. The summed E-state index contributed by atoms with van der Waals surface area (Å²) in [5.41, 5.74) is -0.222. The average molecular weight is 372 g/mol. The smallest absolute Gasteiger partial charge is 0.416 e. The third-order valence-electron chi connectivity index (χ3n) is 3.89. The highest BCUT2D eigenvalue weighted by Gasteiger charge is 2.31. The lowest BCUT2D eigenvalue weighted by atomic mass is 10.1. The maximum atomic E-state index is 13.1. The molecule has 9 heteroatoms. The molecule has 0 aliphatic heterocycles. The van der Waals surface area contributed by atoms with E-state index in [9.17, 15) is 18.0 Å². The normalized spacial score (nSPS) is 11.7. The van der Waals surface area contributed by atoms with Crippen LogP contribution in [-0.4, -0.2) is 20.7 Å². The summed E-state index contributed by atoms with van der Waals surface area (Å²) < 4.78 is 45.9. The molecule has 1 amide bonds. The predicted octanol–water partition coefficient (Wildman–Crippen LogP) is 4.28. The predicted molar refractivity (Wildman–Crippen MR) is 90.5 cm³/mol. The highest BCUT2D eigenvalue weighted by Crippen LogP contribution is 2.33. The van der Waals surface area contributed by atoms with Crippen LogP contribution in [0.25, 0.3) is 16.7 Å². The molecule has 0 aliphatic rings. The molecule has 0 fully saturated rings. The number of benzene rings is 2. The van der Waals surface area contributed by atoms with Crippen LogP contribution in [0.4, 0.5) is 18.9 Å². The number of carbonyl (C=O) groups excluding carboxylic acids is 1. The topological polar surface area (TPSA) is 73.0 Å². The number of nitrogens with zero attached hydrogens (tertiary/aromatic N) is 3. The molecule has 2 aromatic heterocycles. The Morgan fingerprint density at radius 3 is 2.63 bits per heavy atom. The lowest BCUT2D eigenvalue weighted by molar-refractivity contribution is -0.137. The summed E-state index contributed by atoms with van der Waals surface area (Å²) in [6, 6.07) is 11.5. The van der Waals surface area contributed by atoms with Crippen LogP contribution < -0.4 is 5.32 Å². The summed E-state index contributed by atoms with van der Waals surface area (Å²) in [5.74, 6) is -0.690. The number of amides is 1. The summed E-state index contributed by atoms with van der Waals surface area (Å²) in [6.07, 6.45) is -2.00. The van der Waals surface area contributed by atoms with Crippen molar-refractivity contribution in [3.05, 3.63) is 72.5 Å². The molecule has 0 saturated carbocycles. The van der Waals surface area contributed by atoms with E-state index in [0.717, 1.165) is 12.1 Å². The molecule has 0 spiro atoms. The van der Waals surface area contributed by atoms with Gasteiger partial charge >= 0.3 is 6.18 Å². The van der Waals surface area contributed by atoms with Gasteiger partial charge in [0.15, 0.2) is 5.76 Å². The molecule has 0 radical (unpaired) electrons. The molecule has 136 valence electrons. The molecule has 0 bridgehead atoms. The Balaban J connectivity index is 1.73. The second-order valence-electron chi connectivity index (χ2n) is 5.67. The maximum Gasteiger partial charge on any atom is 0.416 e. The first-order chi connectivity index (χ1) is 12.9. The maximum absolute atomic E-state index is 13.1. The van der Waals surface area contributed by atoms with Crippen molar-refractivity contribution in [2.24, 2.45) is 0 Å². The number of nitrogens with one attached hydrogen (secondary N) is 1. The Kier molecular flexibility index (Phi) is 3.91. The van der Waals surface area contributed by atoms with Crippen molar-refractivity contribution in [1.29, 1.82) is 0 Å². The second-order valence-corrected chi connectivity index (χ2v) is 5.67. The van der Waals surface area contributed by atoms with Gasteiger partial charge in [0.05, 0.1) is 16.9 Å². The van der Waals surface area contributed by atoms with Gasteiger partial charge in [-0.05, 0) is 30.3 Å². The molecule has 0 aliphatic carbocycles. The van der Waals surface area contributed by atoms with Gasteiger partial charge in [0, 0.05) is 5.39 Å². The first-order valence-electron chi connectivity index (χ1n) is 7.78. The van der Waals surface area contributed by atoms with Gasteiger partial charge in [0.2, 0.25) is 0 Å². The molecular formula is C18H11F3N4O2. The number of rotatable bonds is 3. The zero-order valence-electron chi connectivity index (χ0n) is 13.6. The molecule has 4 aromatic rings. The summed E-state index contributed by atoms with van der Waals surface area (Å²) in [5, 5.41) is 7.08. The van der Waals surface area contributed by atoms with Crippen molar-refractivity contribution in [3.8, 4) is 5.69 Å². The third kappa shape index (κ3) is 3.26. The van der Waals surface area contributed by atoms with Gasteiger partial charge in [-0.2, -0.15) is 18.3 Å². The number of carbonyl (C=O) groups is 1. The average Bonchev–Trinajstić information content (AvgIpc) is 3.30. The lowest BCUT2D eigenvalue weighted by Crippen LogP contribution is -2.15. The molecule has 27 heavy (non-hydrogen) atoms. The number of aromatic nitrogens is 3. The van der Waals surface area contributed by atoms with Gasteiger partial charge in [-0.15, -0.1) is 0 Å². The first-order valence-corrected chi connectivity index (χ1v) is 7.78. The monoisotopic (exact) mass is 372 g/mol. The van der Waals surface area contributed by atoms with E-state index in [1.165, 1.54) is 29.5 Å². The minimum Gasteiger partial charge on any atom is -0.451 e. The van der Waals surface area contributed by atoms with Gasteiger partial charge < -0.3 is 9.73 Å². The molecule has 0 unspecified atom stereocenters. The number of halogens is 3. The summed E-state index contributed by atoms with van der Waals surface area (Å²) in [7, 11) is 0. The standard InChI is InChI=1S/C18H11F3N4O2/c19-18(20,21)12-5-6-14(25-10-22-9-23-25)13(8-12)24-17(26)16-7-11-3-1-2-4-15(11)27-16/h1-10H,(H,24,26). The van der Waals surface area contributed by atoms with E-state index in [2.05, 4.69) is 15.4 Å². The molecule has 0 atom stereocenters. The lowest BCUT2D eigenvalue weighted by Gasteiger charge is -2.13. The summed E-state index contributed by atoms with van der Waals surface area (Å²) >= 11 is 0. The fourth-order valence-electron chi connectivity index (χ4n) is 2.62. The van der Waals surface area contributed by atoms with Gasteiger partial charge in [-0.1, -0.05) is 18.2 Å². The van der Waals surface area contributed by atoms with Gasteiger partial charge in [0.1, 0.15) is 18.2 Å². The van der Waals surface area contributed by atoms with E-state index in [-0.39, 0.29) is 17.1 Å². The van der Waals surface area contributed by atoms with Crippen molar-refractivity contribution in [2.45, 2.75) is 6.18 Å². The molecule has 1 N–H and O–H groups in total. The van der Waals surface area contributed by atoms with E-state index >= 15 is 0 Å². The largest absolute Gasteiger partial charge is 0.451 e. The quantitative estimate of drug-likeness (QED) is 0.582. The van der Waals surface area contributed by atoms with Crippen LogP contribution in [0, 0.1) is 0 Å². The second kappa shape index (κ2) is 6.27. The van der Waals surface area contributed by atoms with E-state index in [4.69, 9.17) is 4.42 Å². The molecule has 2 aromatic carbocycles. The van der Waals surface area contributed by atoms with E-state index in [1.807, 2.05) is 0 Å². The first kappa shape index (κ1) is 16.8. The number of para-hydroxylation sites is 1. The summed E-state index contributed by atoms with van der Waals surface area (Å²) in [6.45, 7) is 0. The van der Waals surface area contributed by atoms with Gasteiger partial charge in [-0.25, -0.2) is 9.67 Å². The van der Waals surface area contributed by atoms with Crippen LogP contribution in [0.3, 0.4) is 0 Å². The molecule has 0 saturated heterocycles. The highest BCUT2D eigenvalue weighted by molar-refractivity contribution is 6.05. The van der Waals surface area contributed by atoms with Gasteiger partial charge in [-0.3, -0.25) is 4.79 Å². The Morgan fingerprint density at radius 1 is 1.11 bits per heavy atom. The number of hydrogen-bond acceptors (Lipinski definition) is 4. The van der Waals surface area contributed by atoms with Crippen LogP contribution in [0.1, 0.15) is 16.1 Å². The summed E-state index contributed by atoms with van der Waals surface area (Å²) in [4.78, 5) is 16.3. The van der Waals surface area contributed by atoms with Crippen LogP contribution >= 0.6 is 0 Å². The Bertz CT molecular complexity index is 1080. The van der Waals surface area contributed by atoms with E-state index < -0.39 is 17.6 Å². The molecule has 6 nitrogen and oxygen atoms in total. The Morgan fingerprint density at radius 2 is 1.93 bits per heavy atom. The van der Waals surface area contributed by atoms with Crippen molar-refractivity contribution >= 4 is 22.6 Å². The van der Waals surface area contributed by atoms with Crippen molar-refractivity contribution in [3.63, 3.8) is 0 Å². The SMILES string of the molecule is O=C(Nc1cc(C(F)(F)F)ccc1-n1cncn1)c1cc2ccccc2o1. The van der Waals surface area contributed by atoms with Crippen LogP contribution in [0.5, 0.6) is 0 Å². The molecule has 4 rings (SSSR count). The van der Waals surface area contributed by atoms with Crippen LogP contribution in [0.15, 0.2) is 65.6 Å². The number of furan rings is 1. The molecular weight excluding hydrogens is 361 g/mol. The zero-order valence-corrected chi connectivity index (χ0v) is 13.6. The number of hydrogen-bond donors (Lipinski definition) is 1. The van der Waals surface area contributed by atoms with Crippen molar-refractivity contribution in [1.82, 2.24) is 14.8 Å². The van der Waals surface area contributed by atoms with Gasteiger partial charge in [0.25, 0.3) is 5.91 Å². The van der Waals surface area contributed by atoms with Crippen molar-refractivity contribution in [2.75, 3.05) is 5.32 Å². The fourth-order valence-corrected chi connectivity index (χ4v) is 2.62.